The number of methoxy groups -OCH3 is 1. The summed E-state index contributed by atoms with van der Waals surface area (Å²) in [7, 11) is 3.36. The van der Waals surface area contributed by atoms with E-state index in [9.17, 15) is 4.79 Å². The van der Waals surface area contributed by atoms with Gasteiger partial charge in [0.15, 0.2) is 11.5 Å². The number of ether oxygens (including phenoxy) is 2. The molecular formula is C23H27ClN4O3. The number of hydrogen-bond donors (Lipinski definition) is 1. The first-order valence-electron chi connectivity index (χ1n) is 10.0. The largest absolute Gasteiger partial charge is 0.493 e. The van der Waals surface area contributed by atoms with Crippen LogP contribution in [0.4, 0.5) is 0 Å². The van der Waals surface area contributed by atoms with E-state index >= 15 is 0 Å². The Morgan fingerprint density at radius 1 is 1.19 bits per heavy atom. The zero-order valence-corrected chi connectivity index (χ0v) is 18.5. The van der Waals surface area contributed by atoms with Gasteiger partial charge in [-0.2, -0.15) is 5.10 Å². The number of nitrogens with zero attached hydrogens (tertiary/aromatic N) is 3. The number of aryl methyl sites for hydroxylation is 1. The molecule has 2 N–H and O–H groups in total. The highest BCUT2D eigenvalue weighted by Crippen LogP contribution is 2.30. The van der Waals surface area contributed by atoms with Crippen LogP contribution in [-0.2, 0) is 20.2 Å². The van der Waals surface area contributed by atoms with Crippen LogP contribution in [0.2, 0.25) is 5.02 Å². The molecule has 0 saturated heterocycles. The Labute approximate surface area is 187 Å². The van der Waals surface area contributed by atoms with Crippen LogP contribution in [0.5, 0.6) is 11.5 Å². The number of carbonyl (C=O) groups excluding carboxylic acids is 1. The molecule has 1 heterocycles. The van der Waals surface area contributed by atoms with Crippen molar-refractivity contribution in [1.82, 2.24) is 14.7 Å². The zero-order chi connectivity index (χ0) is 22.2. The molecule has 8 heteroatoms. The van der Waals surface area contributed by atoms with Crippen molar-refractivity contribution >= 4 is 17.5 Å². The summed E-state index contributed by atoms with van der Waals surface area (Å²) in [4.78, 5) is 15.0. The first kappa shape index (κ1) is 22.7. The van der Waals surface area contributed by atoms with Gasteiger partial charge < -0.3 is 20.1 Å². The Morgan fingerprint density at radius 3 is 2.61 bits per heavy atom. The molecule has 2 aromatic carbocycles. The number of amides is 1. The maximum Gasteiger partial charge on any atom is 0.254 e. The molecule has 3 rings (SSSR count). The summed E-state index contributed by atoms with van der Waals surface area (Å²) in [6, 6.07) is 15.1. The van der Waals surface area contributed by atoms with Crippen molar-refractivity contribution in [1.29, 1.82) is 0 Å². The van der Waals surface area contributed by atoms with E-state index in [4.69, 9.17) is 26.8 Å². The van der Waals surface area contributed by atoms with Crippen LogP contribution < -0.4 is 15.2 Å². The normalized spacial score (nSPS) is 10.7. The van der Waals surface area contributed by atoms with Gasteiger partial charge in [-0.3, -0.25) is 9.48 Å². The lowest BCUT2D eigenvalue weighted by Gasteiger charge is -2.23. The predicted molar refractivity (Wildman–Crippen MR) is 120 cm³/mol. The maximum atomic E-state index is 13.3. The first-order valence-corrected chi connectivity index (χ1v) is 10.4. The van der Waals surface area contributed by atoms with Gasteiger partial charge in [-0.25, -0.2) is 0 Å². The second-order valence-electron chi connectivity index (χ2n) is 7.07. The molecule has 0 atom stereocenters. The second-order valence-corrected chi connectivity index (χ2v) is 7.48. The lowest BCUT2D eigenvalue weighted by molar-refractivity contribution is 0.0738. The molecule has 0 aliphatic rings. The Hall–Kier alpha value is -3.03. The minimum atomic E-state index is -0.140. The van der Waals surface area contributed by atoms with E-state index < -0.39 is 0 Å². The van der Waals surface area contributed by atoms with Crippen LogP contribution in [0.1, 0.15) is 28.0 Å². The molecule has 0 bridgehead atoms. The Kier molecular flexibility index (Phi) is 7.92. The molecule has 0 fully saturated rings. The average molecular weight is 443 g/mol. The topological polar surface area (TPSA) is 82.6 Å². The summed E-state index contributed by atoms with van der Waals surface area (Å²) >= 11 is 6.25. The fourth-order valence-electron chi connectivity index (χ4n) is 3.17. The summed E-state index contributed by atoms with van der Waals surface area (Å²) in [6.45, 7) is 1.73. The van der Waals surface area contributed by atoms with Crippen LogP contribution in [0.25, 0.3) is 0 Å². The van der Waals surface area contributed by atoms with Crippen LogP contribution in [0.15, 0.2) is 54.7 Å². The van der Waals surface area contributed by atoms with Crippen molar-refractivity contribution in [3.8, 4) is 11.5 Å². The van der Waals surface area contributed by atoms with E-state index in [0.717, 1.165) is 11.3 Å². The minimum Gasteiger partial charge on any atom is -0.493 e. The van der Waals surface area contributed by atoms with Gasteiger partial charge in [0.05, 0.1) is 30.6 Å². The maximum absolute atomic E-state index is 13.3. The summed E-state index contributed by atoms with van der Waals surface area (Å²) < 4.78 is 13.0. The highest BCUT2D eigenvalue weighted by Gasteiger charge is 2.20. The molecule has 0 spiro atoms. The highest BCUT2D eigenvalue weighted by atomic mass is 35.5. The predicted octanol–water partition coefficient (Wildman–Crippen LogP) is 3.65. The SMILES string of the molecule is COc1cc(C(=O)N(CCCN)Cc2c(Cl)cnn2C)ccc1OCc1ccccc1. The van der Waals surface area contributed by atoms with Gasteiger partial charge >= 0.3 is 0 Å². The molecule has 7 nitrogen and oxygen atoms in total. The first-order chi connectivity index (χ1) is 15.0. The molecule has 1 amide bonds. The van der Waals surface area contributed by atoms with Crippen molar-refractivity contribution in [2.24, 2.45) is 12.8 Å². The van der Waals surface area contributed by atoms with Crippen molar-refractivity contribution in [2.45, 2.75) is 19.6 Å². The summed E-state index contributed by atoms with van der Waals surface area (Å²) in [5.41, 5.74) is 7.99. The molecule has 31 heavy (non-hydrogen) atoms. The highest BCUT2D eigenvalue weighted by molar-refractivity contribution is 6.31. The van der Waals surface area contributed by atoms with Crippen LogP contribution in [0.3, 0.4) is 0 Å². The molecule has 0 unspecified atom stereocenters. The fourth-order valence-corrected chi connectivity index (χ4v) is 3.39. The number of carbonyl (C=O) groups is 1. The Bertz CT molecular complexity index is 988. The third-order valence-electron chi connectivity index (χ3n) is 4.92. The van der Waals surface area contributed by atoms with E-state index in [0.29, 0.717) is 54.7 Å². The molecule has 0 radical (unpaired) electrons. The lowest BCUT2D eigenvalue weighted by atomic mass is 10.1. The van der Waals surface area contributed by atoms with Crippen molar-refractivity contribution in [2.75, 3.05) is 20.2 Å². The molecule has 164 valence electrons. The number of nitrogens with two attached hydrogens (primary N) is 1. The Balaban J connectivity index is 1.78. The van der Waals surface area contributed by atoms with Crippen LogP contribution in [0, 0.1) is 0 Å². The van der Waals surface area contributed by atoms with Gasteiger partial charge in [0, 0.05) is 19.2 Å². The lowest BCUT2D eigenvalue weighted by Crippen LogP contribution is -2.33. The molecule has 0 saturated carbocycles. The van der Waals surface area contributed by atoms with Gasteiger partial charge in [-0.15, -0.1) is 0 Å². The van der Waals surface area contributed by atoms with Gasteiger partial charge in [0.1, 0.15) is 6.61 Å². The molecule has 1 aromatic heterocycles. The van der Waals surface area contributed by atoms with Gasteiger partial charge in [-0.1, -0.05) is 41.9 Å². The second kappa shape index (κ2) is 10.8. The van der Waals surface area contributed by atoms with Crippen molar-refractivity contribution in [3.05, 3.63) is 76.6 Å². The third kappa shape index (κ3) is 5.77. The van der Waals surface area contributed by atoms with Crippen LogP contribution in [-0.4, -0.2) is 40.8 Å². The number of aromatic nitrogens is 2. The summed E-state index contributed by atoms with van der Waals surface area (Å²) in [5.74, 6) is 0.934. The van der Waals surface area contributed by atoms with Crippen molar-refractivity contribution in [3.63, 3.8) is 0 Å². The van der Waals surface area contributed by atoms with E-state index in [1.54, 1.807) is 48.1 Å². The van der Waals surface area contributed by atoms with Gasteiger partial charge in [0.25, 0.3) is 5.91 Å². The molecule has 0 aliphatic heterocycles. The van der Waals surface area contributed by atoms with E-state index in [-0.39, 0.29) is 5.91 Å². The van der Waals surface area contributed by atoms with E-state index in [1.807, 2.05) is 30.3 Å². The van der Waals surface area contributed by atoms with Gasteiger partial charge in [0.2, 0.25) is 0 Å². The molecule has 0 aliphatic carbocycles. The van der Waals surface area contributed by atoms with Gasteiger partial charge in [-0.05, 0) is 36.7 Å². The van der Waals surface area contributed by atoms with Crippen molar-refractivity contribution < 1.29 is 14.3 Å². The molecular weight excluding hydrogens is 416 g/mol. The number of benzene rings is 2. The minimum absolute atomic E-state index is 0.140. The standard InChI is InChI=1S/C23H27ClN4O3/c1-27-20(19(24)14-26-27)15-28(12-6-11-25)23(29)18-9-10-21(22(13-18)30-2)31-16-17-7-4-3-5-8-17/h3-5,7-10,13-14H,6,11-12,15-16,25H2,1-2H3. The third-order valence-corrected chi connectivity index (χ3v) is 5.23. The quantitative estimate of drug-likeness (QED) is 0.518. The molecule has 3 aromatic rings. The zero-order valence-electron chi connectivity index (χ0n) is 17.8. The van der Waals surface area contributed by atoms with E-state index in [1.165, 1.54) is 0 Å². The van der Waals surface area contributed by atoms with E-state index in [2.05, 4.69) is 5.10 Å². The number of halogens is 1. The number of hydrogen-bond acceptors (Lipinski definition) is 5. The van der Waals surface area contributed by atoms with Crippen LogP contribution >= 0.6 is 11.6 Å². The average Bonchev–Trinajstić information content (AvgIpc) is 3.12. The monoisotopic (exact) mass is 442 g/mol. The summed E-state index contributed by atoms with van der Waals surface area (Å²) in [5, 5.41) is 4.67. The fraction of sp³-hybridized carbons (Fsp3) is 0.304. The Morgan fingerprint density at radius 2 is 1.97 bits per heavy atom. The smallest absolute Gasteiger partial charge is 0.254 e. The number of rotatable bonds is 10. The summed E-state index contributed by atoms with van der Waals surface area (Å²) in [6.07, 6.45) is 2.25.